The van der Waals surface area contributed by atoms with E-state index in [0.29, 0.717) is 22.3 Å². The van der Waals surface area contributed by atoms with Crippen LogP contribution in [-0.4, -0.2) is 28.8 Å². The van der Waals surface area contributed by atoms with Gasteiger partial charge >= 0.3 is 0 Å². The highest BCUT2D eigenvalue weighted by Gasteiger charge is 2.75. The molecule has 0 spiro atoms. The molecule has 1 saturated heterocycles. The van der Waals surface area contributed by atoms with Crippen LogP contribution in [0.4, 0.5) is 11.4 Å². The first-order chi connectivity index (χ1) is 16.8. The molecule has 3 aromatic rings. The first-order valence-corrected chi connectivity index (χ1v) is 10.9. The van der Waals surface area contributed by atoms with Crippen LogP contribution >= 0.6 is 0 Å². The van der Waals surface area contributed by atoms with Gasteiger partial charge in [0.1, 0.15) is 17.4 Å². The molecule has 10 nitrogen and oxygen atoms in total. The number of nitro benzene ring substituents is 1. The first-order valence-electron chi connectivity index (χ1n) is 10.9. The van der Waals surface area contributed by atoms with Gasteiger partial charge in [-0.15, -0.1) is 0 Å². The second-order valence-corrected chi connectivity index (χ2v) is 8.80. The number of hydrogen-bond acceptors (Lipinski definition) is 7. The predicted molar refractivity (Wildman–Crippen MR) is 122 cm³/mol. The zero-order valence-corrected chi connectivity index (χ0v) is 18.3. The molecule has 174 valence electrons. The van der Waals surface area contributed by atoms with Crippen LogP contribution in [0.3, 0.4) is 0 Å². The lowest BCUT2D eigenvalue weighted by molar-refractivity contribution is -0.578. The van der Waals surface area contributed by atoms with Crippen LogP contribution in [0.5, 0.6) is 5.75 Å². The number of hydrogen-bond donors (Lipinski definition) is 0. The van der Waals surface area contributed by atoms with Gasteiger partial charge in [-0.25, -0.2) is 4.90 Å². The maximum atomic E-state index is 13.9. The van der Waals surface area contributed by atoms with Crippen molar-refractivity contribution in [2.75, 3.05) is 12.0 Å². The standard InChI is InChI=1S/C25H17N3O7/c1-35-13-10-11-18(19(12-13)27(31)32)26-23(29)21-20-14-6-2-4-8-16(14)25(28(33)34,22(21)24(26)30)17-9-5-3-7-15(17)20/h2-12,20-22H,1H3/t20?,21-,22-,25?/m1/s1. The van der Waals surface area contributed by atoms with Crippen molar-refractivity contribution in [2.24, 2.45) is 11.8 Å². The average molecular weight is 471 g/mol. The molecule has 0 unspecified atom stereocenters. The minimum atomic E-state index is -1.99. The molecule has 1 heterocycles. The van der Waals surface area contributed by atoms with Gasteiger partial charge in [0.2, 0.25) is 11.8 Å². The number of anilines is 1. The largest absolute Gasteiger partial charge is 0.496 e. The Labute approximate surface area is 198 Å². The molecular formula is C25H17N3O7. The van der Waals surface area contributed by atoms with Gasteiger partial charge in [-0.05, 0) is 23.3 Å². The maximum absolute atomic E-state index is 13.9. The fourth-order valence-electron chi connectivity index (χ4n) is 6.24. The van der Waals surface area contributed by atoms with Crippen molar-refractivity contribution < 1.29 is 24.2 Å². The van der Waals surface area contributed by atoms with Gasteiger partial charge in [-0.2, -0.15) is 0 Å². The number of methoxy groups -OCH3 is 1. The lowest BCUT2D eigenvalue weighted by Gasteiger charge is -2.48. The van der Waals surface area contributed by atoms with E-state index in [1.807, 2.05) is 0 Å². The number of ether oxygens (including phenoxy) is 1. The first kappa shape index (κ1) is 21.0. The van der Waals surface area contributed by atoms with Gasteiger partial charge in [0.05, 0.1) is 24.0 Å². The fraction of sp³-hybridized carbons (Fsp3) is 0.200. The lowest BCUT2D eigenvalue weighted by Crippen LogP contribution is -2.57. The molecule has 0 N–H and O–H groups in total. The number of nitrogens with zero attached hydrogens (tertiary/aromatic N) is 3. The minimum absolute atomic E-state index is 0.179. The molecule has 0 saturated carbocycles. The molecule has 1 fully saturated rings. The number of nitro groups is 2. The van der Waals surface area contributed by atoms with E-state index in [0.717, 1.165) is 11.0 Å². The summed E-state index contributed by atoms with van der Waals surface area (Å²) in [6.07, 6.45) is 0. The molecule has 3 aliphatic carbocycles. The van der Waals surface area contributed by atoms with E-state index in [9.17, 15) is 29.8 Å². The third-order valence-corrected chi connectivity index (χ3v) is 7.48. The van der Waals surface area contributed by atoms with Crippen LogP contribution in [0.2, 0.25) is 0 Å². The number of amides is 2. The number of benzene rings is 3. The molecule has 1 aliphatic heterocycles. The molecule has 2 bridgehead atoms. The van der Waals surface area contributed by atoms with E-state index >= 15 is 0 Å². The van der Waals surface area contributed by atoms with Crippen molar-refractivity contribution in [2.45, 2.75) is 11.5 Å². The molecule has 2 atom stereocenters. The summed E-state index contributed by atoms with van der Waals surface area (Å²) in [7, 11) is 1.34. The van der Waals surface area contributed by atoms with Crippen molar-refractivity contribution >= 4 is 23.2 Å². The highest BCUT2D eigenvalue weighted by atomic mass is 16.6. The van der Waals surface area contributed by atoms with Crippen LogP contribution in [-0.2, 0) is 15.1 Å². The van der Waals surface area contributed by atoms with Crippen LogP contribution in [0.15, 0.2) is 66.7 Å². The highest BCUT2D eigenvalue weighted by molar-refractivity contribution is 6.24. The molecule has 4 aliphatic rings. The summed E-state index contributed by atoms with van der Waals surface area (Å²) in [5, 5.41) is 24.8. The normalized spacial score (nSPS) is 25.6. The Morgan fingerprint density at radius 2 is 1.49 bits per heavy atom. The van der Waals surface area contributed by atoms with E-state index in [-0.39, 0.29) is 11.4 Å². The Morgan fingerprint density at radius 1 is 0.886 bits per heavy atom. The second kappa shape index (κ2) is 6.95. The van der Waals surface area contributed by atoms with Gasteiger partial charge in [-0.1, -0.05) is 48.5 Å². The molecule has 3 aromatic carbocycles. The van der Waals surface area contributed by atoms with Crippen molar-refractivity contribution in [3.8, 4) is 5.75 Å². The summed E-state index contributed by atoms with van der Waals surface area (Å²) in [6.45, 7) is 0. The van der Waals surface area contributed by atoms with Crippen molar-refractivity contribution in [1.29, 1.82) is 0 Å². The third kappa shape index (κ3) is 2.38. The van der Waals surface area contributed by atoms with Gasteiger partial charge < -0.3 is 4.74 Å². The minimum Gasteiger partial charge on any atom is -0.496 e. The lowest BCUT2D eigenvalue weighted by atomic mass is 9.51. The second-order valence-electron chi connectivity index (χ2n) is 8.80. The molecule has 0 aromatic heterocycles. The van der Waals surface area contributed by atoms with Gasteiger partial charge in [0, 0.05) is 22.0 Å². The Bertz CT molecular complexity index is 1440. The quantitative estimate of drug-likeness (QED) is 0.324. The highest BCUT2D eigenvalue weighted by Crippen LogP contribution is 2.64. The zero-order chi connectivity index (χ0) is 24.6. The summed E-state index contributed by atoms with van der Waals surface area (Å²) >= 11 is 0. The average Bonchev–Trinajstić information content (AvgIpc) is 3.14. The monoisotopic (exact) mass is 471 g/mol. The van der Waals surface area contributed by atoms with Gasteiger partial charge in [0.15, 0.2) is 0 Å². The Hall–Kier alpha value is -4.60. The van der Waals surface area contributed by atoms with E-state index in [4.69, 9.17) is 4.74 Å². The number of imide groups is 1. The summed E-state index contributed by atoms with van der Waals surface area (Å²) in [5.41, 5.74) is -0.722. The van der Waals surface area contributed by atoms with Crippen LogP contribution in [0.25, 0.3) is 0 Å². The van der Waals surface area contributed by atoms with Gasteiger partial charge in [-0.3, -0.25) is 29.8 Å². The molecular weight excluding hydrogens is 454 g/mol. The predicted octanol–water partition coefficient (Wildman–Crippen LogP) is 3.39. The zero-order valence-electron chi connectivity index (χ0n) is 18.3. The SMILES string of the molecule is COc1ccc(N2C(=O)[C@@H]3C4c5ccccc5C([N+](=O)[O-])(c5ccccc54)[C@H]3C2=O)c([N+](=O)[O-])c1. The third-order valence-electron chi connectivity index (χ3n) is 7.48. The van der Waals surface area contributed by atoms with Crippen molar-refractivity contribution in [1.82, 2.24) is 0 Å². The number of rotatable bonds is 4. The Balaban J connectivity index is 1.64. The number of carbonyl (C=O) groups excluding carboxylic acids is 2. The van der Waals surface area contributed by atoms with E-state index in [1.54, 1.807) is 48.5 Å². The topological polar surface area (TPSA) is 133 Å². The summed E-state index contributed by atoms with van der Waals surface area (Å²) in [5.74, 6) is -4.33. The van der Waals surface area contributed by atoms with E-state index in [1.165, 1.54) is 19.2 Å². The molecule has 7 rings (SSSR count). The van der Waals surface area contributed by atoms with Crippen LogP contribution < -0.4 is 9.64 Å². The van der Waals surface area contributed by atoms with Crippen molar-refractivity contribution in [3.63, 3.8) is 0 Å². The Morgan fingerprint density at radius 3 is 2.03 bits per heavy atom. The summed E-state index contributed by atoms with van der Waals surface area (Å²) < 4.78 is 5.06. The maximum Gasteiger partial charge on any atom is 0.297 e. The van der Waals surface area contributed by atoms with E-state index < -0.39 is 50.6 Å². The summed E-state index contributed by atoms with van der Waals surface area (Å²) in [4.78, 5) is 52.2. The summed E-state index contributed by atoms with van der Waals surface area (Å²) in [6, 6.07) is 17.4. The molecule has 10 heteroatoms. The van der Waals surface area contributed by atoms with Crippen LogP contribution in [0, 0.1) is 32.1 Å². The fourth-order valence-corrected chi connectivity index (χ4v) is 6.24. The van der Waals surface area contributed by atoms with Gasteiger partial charge in [0.25, 0.3) is 11.2 Å². The smallest absolute Gasteiger partial charge is 0.297 e. The van der Waals surface area contributed by atoms with Crippen molar-refractivity contribution in [3.05, 3.63) is 109 Å². The Kier molecular flexibility index (Phi) is 4.17. The molecule has 2 amide bonds. The van der Waals surface area contributed by atoms with E-state index in [2.05, 4.69) is 0 Å². The molecule has 35 heavy (non-hydrogen) atoms. The van der Waals surface area contributed by atoms with Crippen LogP contribution in [0.1, 0.15) is 28.2 Å². The molecule has 0 radical (unpaired) electrons. The number of carbonyl (C=O) groups is 2.